The molecule has 0 bridgehead atoms. The van der Waals surface area contributed by atoms with Crippen LogP contribution in [-0.4, -0.2) is 59.6 Å². The number of anilines is 1. The summed E-state index contributed by atoms with van der Waals surface area (Å²) in [6.45, 7) is 9.91. The molecule has 230 valence electrons. The summed E-state index contributed by atoms with van der Waals surface area (Å²) < 4.78 is 34.5. The molecule has 11 heteroatoms. The molecular weight excluding hydrogens is 570 g/mol. The highest BCUT2D eigenvalue weighted by Gasteiger charge is 2.45. The van der Waals surface area contributed by atoms with Crippen LogP contribution in [0.4, 0.5) is 5.82 Å². The average molecular weight is 610 g/mol. The molecule has 1 heterocycles. The molecule has 1 saturated carbocycles. The van der Waals surface area contributed by atoms with Gasteiger partial charge in [0.15, 0.2) is 0 Å². The fourth-order valence-corrected chi connectivity index (χ4v) is 5.71. The standard InChI is InChI=1S/C32H39N3O7S/c1-19-13-22(41-11-8-12-43(6,39)40)14-20(2)28(19)23-10-7-9-21(29(23)31(38)42-32(3,4)5)16-34-27-18-33-26(17-35-27)24-15-25(24)30(36)37/h7,9-10,13-14,17-18,24-25H,8,11-12,15-16H2,1-6H3,(H,34,35)(H,36,37)/t24-,25-/m0/s1. The highest BCUT2D eigenvalue weighted by molar-refractivity contribution is 7.90. The zero-order valence-corrected chi connectivity index (χ0v) is 26.2. The fourth-order valence-electron chi connectivity index (χ4n) is 5.07. The number of hydrogen-bond donors (Lipinski definition) is 2. The van der Waals surface area contributed by atoms with E-state index in [-0.39, 0.29) is 24.8 Å². The number of hydrogen-bond acceptors (Lipinski definition) is 9. The summed E-state index contributed by atoms with van der Waals surface area (Å²) >= 11 is 0. The fraction of sp³-hybridized carbons (Fsp3) is 0.438. The maximum atomic E-state index is 13.6. The molecule has 4 rings (SSSR count). The third kappa shape index (κ3) is 8.53. The van der Waals surface area contributed by atoms with E-state index in [1.54, 1.807) is 12.4 Å². The third-order valence-corrected chi connectivity index (χ3v) is 8.11. The average Bonchev–Trinajstić information content (AvgIpc) is 3.70. The van der Waals surface area contributed by atoms with E-state index < -0.39 is 33.3 Å². The molecule has 0 spiro atoms. The van der Waals surface area contributed by atoms with Crippen LogP contribution in [-0.2, 0) is 25.9 Å². The van der Waals surface area contributed by atoms with Crippen molar-refractivity contribution < 1.29 is 32.6 Å². The number of esters is 1. The zero-order valence-electron chi connectivity index (χ0n) is 25.4. The summed E-state index contributed by atoms with van der Waals surface area (Å²) in [6.07, 6.45) is 5.34. The van der Waals surface area contributed by atoms with E-state index in [1.807, 2.05) is 65.0 Å². The van der Waals surface area contributed by atoms with Gasteiger partial charge in [-0.1, -0.05) is 18.2 Å². The van der Waals surface area contributed by atoms with Gasteiger partial charge in [0.25, 0.3) is 0 Å². The number of aliphatic carboxylic acids is 1. The number of ether oxygens (including phenoxy) is 2. The lowest BCUT2D eigenvalue weighted by atomic mass is 9.89. The molecule has 0 saturated heterocycles. The second kappa shape index (κ2) is 12.7. The highest BCUT2D eigenvalue weighted by Crippen LogP contribution is 2.46. The molecule has 0 unspecified atom stereocenters. The Kier molecular flexibility index (Phi) is 9.44. The van der Waals surface area contributed by atoms with Gasteiger partial charge in [-0.05, 0) is 87.4 Å². The van der Waals surface area contributed by atoms with Crippen LogP contribution in [0.15, 0.2) is 42.7 Å². The van der Waals surface area contributed by atoms with E-state index in [2.05, 4.69) is 15.3 Å². The van der Waals surface area contributed by atoms with Crippen molar-refractivity contribution in [3.05, 3.63) is 70.7 Å². The molecule has 0 radical (unpaired) electrons. The Morgan fingerprint density at radius 1 is 1.09 bits per heavy atom. The molecule has 2 atom stereocenters. The SMILES string of the molecule is Cc1cc(OCCCS(C)(=O)=O)cc(C)c1-c1cccc(CNc2cnc([C@H]3C[C@@H]3C(=O)O)cn2)c1C(=O)OC(C)(C)C. The number of aromatic nitrogens is 2. The van der Waals surface area contributed by atoms with Gasteiger partial charge in [-0.3, -0.25) is 9.78 Å². The van der Waals surface area contributed by atoms with Gasteiger partial charge in [-0.15, -0.1) is 0 Å². The van der Waals surface area contributed by atoms with Crippen molar-refractivity contribution in [1.29, 1.82) is 0 Å². The summed E-state index contributed by atoms with van der Waals surface area (Å²) in [4.78, 5) is 33.7. The lowest BCUT2D eigenvalue weighted by Crippen LogP contribution is -2.25. The van der Waals surface area contributed by atoms with Gasteiger partial charge in [0.05, 0.1) is 41.9 Å². The van der Waals surface area contributed by atoms with Gasteiger partial charge in [-0.2, -0.15) is 0 Å². The van der Waals surface area contributed by atoms with E-state index in [0.717, 1.165) is 22.3 Å². The molecule has 2 aromatic carbocycles. The lowest BCUT2D eigenvalue weighted by Gasteiger charge is -2.23. The minimum atomic E-state index is -3.05. The summed E-state index contributed by atoms with van der Waals surface area (Å²) in [7, 11) is -3.05. The minimum absolute atomic E-state index is 0.0601. The Bertz CT molecular complexity index is 1590. The van der Waals surface area contributed by atoms with Crippen LogP contribution >= 0.6 is 0 Å². The van der Waals surface area contributed by atoms with Crippen LogP contribution in [0.3, 0.4) is 0 Å². The number of nitrogens with one attached hydrogen (secondary N) is 1. The first-order valence-corrected chi connectivity index (χ1v) is 16.2. The number of carbonyl (C=O) groups is 2. The summed E-state index contributed by atoms with van der Waals surface area (Å²) in [5, 5.41) is 12.4. The highest BCUT2D eigenvalue weighted by atomic mass is 32.2. The van der Waals surface area contributed by atoms with E-state index in [4.69, 9.17) is 9.47 Å². The predicted octanol–water partition coefficient (Wildman–Crippen LogP) is 5.33. The number of rotatable bonds is 12. The maximum absolute atomic E-state index is 13.6. The third-order valence-electron chi connectivity index (χ3n) is 7.08. The molecule has 1 fully saturated rings. The van der Waals surface area contributed by atoms with Gasteiger partial charge in [-0.25, -0.2) is 18.2 Å². The second-order valence-corrected chi connectivity index (χ2v) is 14.3. The lowest BCUT2D eigenvalue weighted by molar-refractivity contribution is -0.138. The Labute approximate surface area is 252 Å². The predicted molar refractivity (Wildman–Crippen MR) is 164 cm³/mol. The van der Waals surface area contributed by atoms with Crippen molar-refractivity contribution in [1.82, 2.24) is 9.97 Å². The quantitative estimate of drug-likeness (QED) is 0.204. The minimum Gasteiger partial charge on any atom is -0.494 e. The van der Waals surface area contributed by atoms with Gasteiger partial charge < -0.3 is 19.9 Å². The van der Waals surface area contributed by atoms with Crippen LogP contribution in [0.1, 0.15) is 72.3 Å². The van der Waals surface area contributed by atoms with E-state index >= 15 is 0 Å². The first kappa shape index (κ1) is 31.9. The van der Waals surface area contributed by atoms with Gasteiger partial charge >= 0.3 is 11.9 Å². The zero-order chi connectivity index (χ0) is 31.5. The first-order chi connectivity index (χ1) is 20.1. The molecule has 1 aliphatic rings. The Morgan fingerprint density at radius 3 is 2.35 bits per heavy atom. The van der Waals surface area contributed by atoms with Crippen LogP contribution in [0.25, 0.3) is 11.1 Å². The molecule has 43 heavy (non-hydrogen) atoms. The van der Waals surface area contributed by atoms with E-state index in [1.165, 1.54) is 6.26 Å². The normalized spacial score (nSPS) is 16.4. The molecule has 10 nitrogen and oxygen atoms in total. The number of carboxylic acid groups (broad SMARTS) is 1. The van der Waals surface area contributed by atoms with Crippen molar-refractivity contribution in [3.63, 3.8) is 0 Å². The second-order valence-electron chi connectivity index (χ2n) is 12.1. The largest absolute Gasteiger partial charge is 0.494 e. The molecule has 0 amide bonds. The molecule has 3 aromatic rings. The number of nitrogens with zero attached hydrogens (tertiary/aromatic N) is 2. The molecular formula is C32H39N3O7S. The van der Waals surface area contributed by atoms with Crippen LogP contribution < -0.4 is 10.1 Å². The molecule has 1 aliphatic carbocycles. The topological polar surface area (TPSA) is 145 Å². The Morgan fingerprint density at radius 2 is 1.79 bits per heavy atom. The number of benzene rings is 2. The van der Waals surface area contributed by atoms with Crippen molar-refractivity contribution in [2.45, 2.75) is 65.5 Å². The maximum Gasteiger partial charge on any atom is 0.339 e. The van der Waals surface area contributed by atoms with E-state index in [9.17, 15) is 23.1 Å². The van der Waals surface area contributed by atoms with Gasteiger partial charge in [0.1, 0.15) is 27.0 Å². The summed E-state index contributed by atoms with van der Waals surface area (Å²) in [6, 6.07) is 9.43. The van der Waals surface area contributed by atoms with Crippen molar-refractivity contribution in [2.75, 3.05) is 23.9 Å². The first-order valence-electron chi connectivity index (χ1n) is 14.2. The Balaban J connectivity index is 1.60. The number of carboxylic acids is 1. The molecule has 1 aromatic heterocycles. The number of aryl methyl sites for hydroxylation is 2. The van der Waals surface area contributed by atoms with Crippen molar-refractivity contribution >= 4 is 27.6 Å². The molecule has 2 N–H and O–H groups in total. The van der Waals surface area contributed by atoms with Gasteiger partial charge in [0, 0.05) is 18.7 Å². The van der Waals surface area contributed by atoms with E-state index in [0.29, 0.717) is 41.2 Å². The Hall–Kier alpha value is -3.99. The van der Waals surface area contributed by atoms with Crippen LogP contribution in [0.2, 0.25) is 0 Å². The monoisotopic (exact) mass is 609 g/mol. The van der Waals surface area contributed by atoms with Crippen LogP contribution in [0.5, 0.6) is 5.75 Å². The van der Waals surface area contributed by atoms with Crippen LogP contribution in [0, 0.1) is 19.8 Å². The summed E-state index contributed by atoms with van der Waals surface area (Å²) in [5.74, 6) is -0.585. The smallest absolute Gasteiger partial charge is 0.339 e. The number of sulfone groups is 1. The number of carbonyl (C=O) groups excluding carboxylic acids is 1. The van der Waals surface area contributed by atoms with Gasteiger partial charge in [0.2, 0.25) is 0 Å². The van der Waals surface area contributed by atoms with Crippen molar-refractivity contribution in [3.8, 4) is 16.9 Å². The summed E-state index contributed by atoms with van der Waals surface area (Å²) in [5.41, 5.74) is 4.50. The van der Waals surface area contributed by atoms with Crippen molar-refractivity contribution in [2.24, 2.45) is 5.92 Å². The molecule has 0 aliphatic heterocycles.